The van der Waals surface area contributed by atoms with Crippen LogP contribution in [0.1, 0.15) is 45.2 Å². The van der Waals surface area contributed by atoms with Crippen molar-refractivity contribution in [2.75, 3.05) is 7.05 Å². The van der Waals surface area contributed by atoms with E-state index in [0.717, 1.165) is 25.7 Å². The zero-order chi connectivity index (χ0) is 15.7. The van der Waals surface area contributed by atoms with E-state index in [0.29, 0.717) is 17.7 Å². The highest BCUT2D eigenvalue weighted by molar-refractivity contribution is 7.89. The third-order valence-electron chi connectivity index (χ3n) is 4.51. The fraction of sp³-hybridized carbons (Fsp3) is 0.667. The molecule has 0 amide bonds. The highest BCUT2D eigenvalue weighted by Crippen LogP contribution is 2.37. The van der Waals surface area contributed by atoms with Gasteiger partial charge in [-0.2, -0.15) is 4.31 Å². The molecular weight excluding hydrogens is 286 g/mol. The summed E-state index contributed by atoms with van der Waals surface area (Å²) >= 11 is 0. The molecule has 0 aliphatic heterocycles. The average Bonchev–Trinajstić information content (AvgIpc) is 2.46. The van der Waals surface area contributed by atoms with Crippen molar-refractivity contribution in [1.29, 1.82) is 0 Å². The summed E-state index contributed by atoms with van der Waals surface area (Å²) in [5, 5.41) is 0. The van der Waals surface area contributed by atoms with E-state index in [-0.39, 0.29) is 10.9 Å². The van der Waals surface area contributed by atoms with Gasteiger partial charge in [-0.25, -0.2) is 8.42 Å². The fourth-order valence-corrected chi connectivity index (χ4v) is 4.16. The number of sulfonamides is 1. The van der Waals surface area contributed by atoms with E-state index in [1.165, 1.54) is 10.5 Å². The summed E-state index contributed by atoms with van der Waals surface area (Å²) in [4.78, 5) is 4.33. The van der Waals surface area contributed by atoms with E-state index in [2.05, 4.69) is 18.8 Å². The number of nitrogens with zero attached hydrogens (tertiary/aromatic N) is 2. The monoisotopic (exact) mass is 311 g/mol. The highest BCUT2D eigenvalue weighted by Gasteiger charge is 2.34. The summed E-state index contributed by atoms with van der Waals surface area (Å²) in [7, 11) is -1.80. The zero-order valence-corrected chi connectivity index (χ0v) is 13.9. The number of pyridine rings is 1. The maximum absolute atomic E-state index is 12.6. The lowest BCUT2D eigenvalue weighted by Crippen LogP contribution is -2.40. The molecule has 21 heavy (non-hydrogen) atoms. The molecule has 118 valence electrons. The minimum Gasteiger partial charge on any atom is -0.325 e. The standard InChI is InChI=1S/C15H25N3O2S/c1-15(2)8-6-13(7-9-15)18(3)21(19,20)14-5-4-12(10-16)17-11-14/h4-5,11,13H,6-10,16H2,1-3H3. The first kappa shape index (κ1) is 16.4. The molecule has 1 saturated carbocycles. The molecule has 0 atom stereocenters. The minimum atomic E-state index is -3.47. The Balaban J connectivity index is 2.15. The molecule has 1 aliphatic rings. The summed E-state index contributed by atoms with van der Waals surface area (Å²) in [6, 6.07) is 3.34. The summed E-state index contributed by atoms with van der Waals surface area (Å²) in [6.07, 6.45) is 5.35. The smallest absolute Gasteiger partial charge is 0.244 e. The molecule has 2 rings (SSSR count). The van der Waals surface area contributed by atoms with E-state index in [9.17, 15) is 8.42 Å². The lowest BCUT2D eigenvalue weighted by molar-refractivity contribution is 0.174. The van der Waals surface area contributed by atoms with Gasteiger partial charge in [-0.15, -0.1) is 0 Å². The number of nitrogens with two attached hydrogens (primary N) is 1. The Kier molecular flexibility index (Phi) is 4.70. The predicted molar refractivity (Wildman–Crippen MR) is 83.1 cm³/mol. The fourth-order valence-electron chi connectivity index (χ4n) is 2.79. The number of hydrogen-bond acceptors (Lipinski definition) is 4. The second kappa shape index (κ2) is 6.02. The van der Waals surface area contributed by atoms with Crippen LogP contribution in [0.2, 0.25) is 0 Å². The SMILES string of the molecule is CN(C1CCC(C)(C)CC1)S(=O)(=O)c1ccc(CN)nc1. The van der Waals surface area contributed by atoms with Gasteiger partial charge in [0.15, 0.2) is 0 Å². The summed E-state index contributed by atoms with van der Waals surface area (Å²) < 4.78 is 26.8. The van der Waals surface area contributed by atoms with Crippen LogP contribution in [0.4, 0.5) is 0 Å². The topological polar surface area (TPSA) is 76.3 Å². The lowest BCUT2D eigenvalue weighted by atomic mass is 9.76. The molecule has 0 radical (unpaired) electrons. The van der Waals surface area contributed by atoms with Crippen LogP contribution in [0.25, 0.3) is 0 Å². The zero-order valence-electron chi connectivity index (χ0n) is 13.0. The van der Waals surface area contributed by atoms with Crippen LogP contribution < -0.4 is 5.73 Å². The number of hydrogen-bond donors (Lipinski definition) is 1. The van der Waals surface area contributed by atoms with Crippen molar-refractivity contribution in [1.82, 2.24) is 9.29 Å². The third kappa shape index (κ3) is 3.62. The van der Waals surface area contributed by atoms with Crippen LogP contribution in [0, 0.1) is 5.41 Å². The van der Waals surface area contributed by atoms with Crippen LogP contribution in [0.3, 0.4) is 0 Å². The van der Waals surface area contributed by atoms with Gasteiger partial charge in [0.1, 0.15) is 4.90 Å². The van der Waals surface area contributed by atoms with Crippen molar-refractivity contribution in [3.8, 4) is 0 Å². The lowest BCUT2D eigenvalue weighted by Gasteiger charge is -2.38. The van der Waals surface area contributed by atoms with Gasteiger partial charge in [0, 0.05) is 25.8 Å². The Morgan fingerprint density at radius 2 is 1.95 bits per heavy atom. The van der Waals surface area contributed by atoms with Crippen molar-refractivity contribution in [2.45, 2.75) is 57.0 Å². The third-order valence-corrected chi connectivity index (χ3v) is 6.40. The Morgan fingerprint density at radius 1 is 1.33 bits per heavy atom. The van der Waals surface area contributed by atoms with Gasteiger partial charge in [0.05, 0.1) is 5.69 Å². The maximum atomic E-state index is 12.6. The van der Waals surface area contributed by atoms with Crippen molar-refractivity contribution >= 4 is 10.0 Å². The van der Waals surface area contributed by atoms with E-state index in [4.69, 9.17) is 5.73 Å². The average molecular weight is 311 g/mol. The molecule has 0 spiro atoms. The second-order valence-corrected chi connectivity index (χ2v) is 8.60. The summed E-state index contributed by atoms with van der Waals surface area (Å²) in [5.74, 6) is 0. The maximum Gasteiger partial charge on any atom is 0.244 e. The van der Waals surface area contributed by atoms with Gasteiger partial charge in [-0.3, -0.25) is 4.98 Å². The molecule has 1 aliphatic carbocycles. The predicted octanol–water partition coefficient (Wildman–Crippen LogP) is 2.13. The van der Waals surface area contributed by atoms with Gasteiger partial charge in [-0.05, 0) is 43.2 Å². The van der Waals surface area contributed by atoms with Crippen LogP contribution >= 0.6 is 0 Å². The first-order chi connectivity index (χ1) is 9.76. The molecular formula is C15H25N3O2S. The van der Waals surface area contributed by atoms with Gasteiger partial charge in [0.2, 0.25) is 10.0 Å². The quantitative estimate of drug-likeness (QED) is 0.924. The van der Waals surface area contributed by atoms with E-state index < -0.39 is 10.0 Å². The Morgan fingerprint density at radius 3 is 2.43 bits per heavy atom. The first-order valence-electron chi connectivity index (χ1n) is 7.39. The van der Waals surface area contributed by atoms with E-state index >= 15 is 0 Å². The Hall–Kier alpha value is -0.980. The molecule has 0 bridgehead atoms. The molecule has 2 N–H and O–H groups in total. The van der Waals surface area contributed by atoms with Gasteiger partial charge >= 0.3 is 0 Å². The highest BCUT2D eigenvalue weighted by atomic mass is 32.2. The summed E-state index contributed by atoms with van der Waals surface area (Å²) in [5.41, 5.74) is 6.50. The molecule has 5 nitrogen and oxygen atoms in total. The number of aromatic nitrogens is 1. The first-order valence-corrected chi connectivity index (χ1v) is 8.83. The Bertz CT molecular complexity index is 571. The molecule has 1 aromatic heterocycles. The van der Waals surface area contributed by atoms with Crippen molar-refractivity contribution in [3.63, 3.8) is 0 Å². The molecule has 1 fully saturated rings. The van der Waals surface area contributed by atoms with Gasteiger partial charge in [-0.1, -0.05) is 13.8 Å². The van der Waals surface area contributed by atoms with E-state index in [1.807, 2.05) is 0 Å². The van der Waals surface area contributed by atoms with Crippen LogP contribution in [-0.2, 0) is 16.6 Å². The molecule has 6 heteroatoms. The van der Waals surface area contributed by atoms with E-state index in [1.54, 1.807) is 19.2 Å². The molecule has 1 aromatic rings. The molecule has 0 aromatic carbocycles. The summed E-state index contributed by atoms with van der Waals surface area (Å²) in [6.45, 7) is 4.80. The number of rotatable bonds is 4. The van der Waals surface area contributed by atoms with Crippen molar-refractivity contribution in [2.24, 2.45) is 11.1 Å². The van der Waals surface area contributed by atoms with Gasteiger partial charge in [0.25, 0.3) is 0 Å². The van der Waals surface area contributed by atoms with Crippen LogP contribution in [0.5, 0.6) is 0 Å². The van der Waals surface area contributed by atoms with Crippen molar-refractivity contribution < 1.29 is 8.42 Å². The molecule has 1 heterocycles. The van der Waals surface area contributed by atoms with Gasteiger partial charge < -0.3 is 5.73 Å². The second-order valence-electron chi connectivity index (χ2n) is 6.61. The normalized spacial score (nSPS) is 19.9. The minimum absolute atomic E-state index is 0.0808. The van der Waals surface area contributed by atoms with Crippen molar-refractivity contribution in [3.05, 3.63) is 24.0 Å². The largest absolute Gasteiger partial charge is 0.325 e. The molecule has 0 unspecified atom stereocenters. The van der Waals surface area contributed by atoms with Crippen LogP contribution in [-0.4, -0.2) is 30.8 Å². The molecule has 0 saturated heterocycles. The Labute approximate surface area is 127 Å². The van der Waals surface area contributed by atoms with Crippen LogP contribution in [0.15, 0.2) is 23.2 Å².